The van der Waals surface area contributed by atoms with Gasteiger partial charge in [-0.3, -0.25) is 9.69 Å². The highest BCUT2D eigenvalue weighted by Gasteiger charge is 2.34. The highest BCUT2D eigenvalue weighted by molar-refractivity contribution is 8.18. The van der Waals surface area contributed by atoms with Gasteiger partial charge in [0.25, 0.3) is 5.91 Å². The molecule has 2 heterocycles. The lowest BCUT2D eigenvalue weighted by Crippen LogP contribution is -2.28. The monoisotopic (exact) mass is 609 g/mol. The number of benzene rings is 3. The molecular weight excluding hydrogens is 588 g/mol. The molecule has 208 valence electrons. The first kappa shape index (κ1) is 28.5. The fourth-order valence-electron chi connectivity index (χ4n) is 3.84. The Morgan fingerprint density at radius 1 is 1.05 bits per heavy atom. The van der Waals surface area contributed by atoms with Crippen molar-refractivity contribution in [3.8, 4) is 11.5 Å². The number of methoxy groups -OCH3 is 1. The Morgan fingerprint density at radius 3 is 2.66 bits per heavy atom. The van der Waals surface area contributed by atoms with Crippen LogP contribution in [0.1, 0.15) is 22.5 Å². The molecule has 0 N–H and O–H groups in total. The lowest BCUT2D eigenvalue weighted by molar-refractivity contribution is -0.122. The standard InChI is InChI=1S/C30H22Cl2FN3O4S/c1-38-27-13-19(8-11-26(27)40-18-21-9-10-22(31)15-24(21)32)16-34-35-30-36(17-23-6-4-12-39-23)29(37)28(41-30)14-20-5-2-3-7-25(20)33/h2-16H,17-18H2,1H3/b28-14-,34-16-,35-30+. The van der Waals surface area contributed by atoms with Gasteiger partial charge in [0.2, 0.25) is 0 Å². The second-order valence-electron chi connectivity index (χ2n) is 8.66. The van der Waals surface area contributed by atoms with E-state index in [0.717, 1.165) is 17.3 Å². The van der Waals surface area contributed by atoms with Crippen molar-refractivity contribution in [2.24, 2.45) is 10.2 Å². The van der Waals surface area contributed by atoms with Crippen LogP contribution in [0.5, 0.6) is 11.5 Å². The summed E-state index contributed by atoms with van der Waals surface area (Å²) in [6.07, 6.45) is 4.56. The summed E-state index contributed by atoms with van der Waals surface area (Å²) in [5.74, 6) is 0.834. The number of ether oxygens (including phenoxy) is 2. The molecule has 5 rings (SSSR count). The number of halogens is 3. The Balaban J connectivity index is 1.34. The summed E-state index contributed by atoms with van der Waals surface area (Å²) in [6.45, 7) is 0.381. The Labute approximate surface area is 249 Å². The quantitative estimate of drug-likeness (QED) is 0.110. The molecule has 0 saturated carbocycles. The topological polar surface area (TPSA) is 76.6 Å². The maximum absolute atomic E-state index is 14.2. The van der Waals surface area contributed by atoms with E-state index >= 15 is 0 Å². The summed E-state index contributed by atoms with van der Waals surface area (Å²) in [6, 6.07) is 20.2. The lowest BCUT2D eigenvalue weighted by Gasteiger charge is -2.13. The summed E-state index contributed by atoms with van der Waals surface area (Å²) in [4.78, 5) is 15.0. The normalized spacial score (nSPS) is 15.4. The fraction of sp³-hybridized carbons (Fsp3) is 0.100. The van der Waals surface area contributed by atoms with Crippen molar-refractivity contribution in [2.75, 3.05) is 7.11 Å². The van der Waals surface area contributed by atoms with Crippen LogP contribution >= 0.6 is 35.0 Å². The van der Waals surface area contributed by atoms with Crippen LogP contribution in [-0.2, 0) is 17.9 Å². The second-order valence-corrected chi connectivity index (χ2v) is 10.5. The minimum Gasteiger partial charge on any atom is -0.493 e. The lowest BCUT2D eigenvalue weighted by atomic mass is 10.2. The van der Waals surface area contributed by atoms with Crippen LogP contribution in [0.2, 0.25) is 10.0 Å². The number of hydrogen-bond donors (Lipinski definition) is 0. The third-order valence-corrected chi connectivity index (χ3v) is 7.49. The van der Waals surface area contributed by atoms with Gasteiger partial charge in [-0.05, 0) is 71.9 Å². The first-order valence-electron chi connectivity index (χ1n) is 12.3. The maximum Gasteiger partial charge on any atom is 0.267 e. The molecule has 0 bridgehead atoms. The van der Waals surface area contributed by atoms with Crippen LogP contribution < -0.4 is 9.47 Å². The van der Waals surface area contributed by atoms with E-state index in [9.17, 15) is 9.18 Å². The van der Waals surface area contributed by atoms with Gasteiger partial charge >= 0.3 is 0 Å². The van der Waals surface area contributed by atoms with Gasteiger partial charge in [-0.25, -0.2) is 4.39 Å². The van der Waals surface area contributed by atoms with E-state index < -0.39 is 5.82 Å². The van der Waals surface area contributed by atoms with Gasteiger partial charge in [0.15, 0.2) is 16.7 Å². The molecule has 1 amide bonds. The number of thioether (sulfide) groups is 1. The molecule has 0 unspecified atom stereocenters. The Hall–Kier alpha value is -4.05. The zero-order valence-corrected chi connectivity index (χ0v) is 23.9. The Bertz CT molecular complexity index is 1660. The van der Waals surface area contributed by atoms with E-state index in [1.54, 1.807) is 66.7 Å². The number of carbonyl (C=O) groups excluding carboxylic acids is 1. The summed E-state index contributed by atoms with van der Waals surface area (Å²) in [7, 11) is 1.54. The molecule has 1 aliphatic heterocycles. The van der Waals surface area contributed by atoms with Gasteiger partial charge in [-0.2, -0.15) is 5.10 Å². The molecule has 1 aliphatic rings. The number of amides is 1. The van der Waals surface area contributed by atoms with Crippen molar-refractivity contribution < 1.29 is 23.1 Å². The predicted molar refractivity (Wildman–Crippen MR) is 160 cm³/mol. The predicted octanol–water partition coefficient (Wildman–Crippen LogP) is 7.82. The second kappa shape index (κ2) is 13.1. The van der Waals surface area contributed by atoms with Crippen molar-refractivity contribution >= 4 is 58.3 Å². The van der Waals surface area contributed by atoms with E-state index in [1.165, 1.54) is 36.6 Å². The maximum atomic E-state index is 14.2. The Kier molecular flexibility index (Phi) is 9.08. The number of amidine groups is 1. The first-order chi connectivity index (χ1) is 19.9. The largest absolute Gasteiger partial charge is 0.493 e. The van der Waals surface area contributed by atoms with Crippen molar-refractivity contribution in [2.45, 2.75) is 13.2 Å². The fourth-order valence-corrected chi connectivity index (χ4v) is 5.23. The van der Waals surface area contributed by atoms with Crippen LogP contribution in [0.25, 0.3) is 6.08 Å². The molecule has 7 nitrogen and oxygen atoms in total. The molecule has 1 saturated heterocycles. The van der Waals surface area contributed by atoms with E-state index in [-0.39, 0.29) is 19.1 Å². The first-order valence-corrected chi connectivity index (χ1v) is 13.8. The van der Waals surface area contributed by atoms with Crippen molar-refractivity contribution in [3.63, 3.8) is 0 Å². The van der Waals surface area contributed by atoms with Gasteiger partial charge in [-0.1, -0.05) is 47.5 Å². The van der Waals surface area contributed by atoms with Crippen LogP contribution in [0, 0.1) is 5.82 Å². The van der Waals surface area contributed by atoms with Crippen molar-refractivity contribution in [3.05, 3.63) is 122 Å². The molecule has 4 aromatic rings. The summed E-state index contributed by atoms with van der Waals surface area (Å²) in [5, 5.41) is 9.89. The SMILES string of the molecule is COc1cc(/C=N\N=C2\S/C(=C\c3ccccc3F)C(=O)N2Cc2ccco2)ccc1OCc1ccc(Cl)cc1Cl. The van der Waals surface area contributed by atoms with Crippen LogP contribution in [0.4, 0.5) is 4.39 Å². The molecule has 1 aromatic heterocycles. The summed E-state index contributed by atoms with van der Waals surface area (Å²) in [5.41, 5.74) is 1.78. The number of carbonyl (C=O) groups is 1. The minimum atomic E-state index is -0.424. The number of rotatable bonds is 9. The number of nitrogens with zero attached hydrogens (tertiary/aromatic N) is 3. The van der Waals surface area contributed by atoms with Gasteiger partial charge in [0.1, 0.15) is 18.2 Å². The molecule has 0 aliphatic carbocycles. The molecule has 3 aromatic carbocycles. The van der Waals surface area contributed by atoms with Crippen molar-refractivity contribution in [1.29, 1.82) is 0 Å². The number of hydrogen-bond acceptors (Lipinski definition) is 7. The third-order valence-electron chi connectivity index (χ3n) is 5.91. The van der Waals surface area contributed by atoms with Crippen LogP contribution in [0.3, 0.4) is 0 Å². The minimum absolute atomic E-state index is 0.152. The van der Waals surface area contributed by atoms with E-state index in [4.69, 9.17) is 37.1 Å². The smallest absolute Gasteiger partial charge is 0.267 e. The molecule has 1 fully saturated rings. The zero-order chi connectivity index (χ0) is 28.8. The summed E-state index contributed by atoms with van der Waals surface area (Å²) < 4.78 is 31.1. The summed E-state index contributed by atoms with van der Waals surface area (Å²) >= 11 is 13.3. The third kappa shape index (κ3) is 7.00. The average Bonchev–Trinajstić information content (AvgIpc) is 3.58. The molecule has 41 heavy (non-hydrogen) atoms. The zero-order valence-electron chi connectivity index (χ0n) is 21.6. The van der Waals surface area contributed by atoms with Gasteiger partial charge < -0.3 is 13.9 Å². The molecular formula is C30H22Cl2FN3O4S. The molecule has 0 atom stereocenters. The van der Waals surface area contributed by atoms with Gasteiger partial charge in [0, 0.05) is 21.2 Å². The van der Waals surface area contributed by atoms with E-state index in [0.29, 0.717) is 48.5 Å². The van der Waals surface area contributed by atoms with Crippen molar-refractivity contribution in [1.82, 2.24) is 4.90 Å². The average molecular weight is 610 g/mol. The number of furan rings is 1. The van der Waals surface area contributed by atoms with Crippen LogP contribution in [-0.4, -0.2) is 29.3 Å². The highest BCUT2D eigenvalue weighted by atomic mass is 35.5. The van der Waals surface area contributed by atoms with Gasteiger partial charge in [0.05, 0.1) is 31.0 Å². The molecule has 0 spiro atoms. The highest BCUT2D eigenvalue weighted by Crippen LogP contribution is 2.34. The molecule has 11 heteroatoms. The van der Waals surface area contributed by atoms with Gasteiger partial charge in [-0.15, -0.1) is 5.10 Å². The molecule has 0 radical (unpaired) electrons. The van der Waals surface area contributed by atoms with Crippen LogP contribution in [0.15, 0.2) is 98.6 Å². The van der Waals surface area contributed by atoms with E-state index in [1.807, 2.05) is 0 Å². The van der Waals surface area contributed by atoms with E-state index in [2.05, 4.69) is 10.2 Å². The Morgan fingerprint density at radius 2 is 1.90 bits per heavy atom.